The topological polar surface area (TPSA) is 46.6 Å². The van der Waals surface area contributed by atoms with Crippen molar-refractivity contribution in [2.45, 2.75) is 46.1 Å². The molecule has 1 aliphatic rings. The lowest BCUT2D eigenvalue weighted by atomic mass is 10.1. The quantitative estimate of drug-likeness (QED) is 0.694. The molecular formula is C14H25NO3. The number of ketones is 2. The zero-order valence-corrected chi connectivity index (χ0v) is 11.8. The highest BCUT2D eigenvalue weighted by molar-refractivity contribution is 5.80. The molecule has 104 valence electrons. The average Bonchev–Trinajstić information content (AvgIpc) is 2.30. The van der Waals surface area contributed by atoms with Crippen molar-refractivity contribution in [1.29, 1.82) is 0 Å². The van der Waals surface area contributed by atoms with Gasteiger partial charge in [-0.05, 0) is 19.8 Å². The first-order chi connectivity index (χ1) is 8.49. The molecule has 0 aliphatic carbocycles. The summed E-state index contributed by atoms with van der Waals surface area (Å²) in [4.78, 5) is 24.6. The van der Waals surface area contributed by atoms with Gasteiger partial charge in [0, 0.05) is 25.4 Å². The minimum absolute atomic E-state index is 0.103. The van der Waals surface area contributed by atoms with Gasteiger partial charge in [-0.3, -0.25) is 14.5 Å². The van der Waals surface area contributed by atoms with Crippen molar-refractivity contribution in [2.24, 2.45) is 5.92 Å². The van der Waals surface area contributed by atoms with Gasteiger partial charge in [-0.2, -0.15) is 0 Å². The standard InChI is InChI=1S/C14H25NO3/c1-11(2)14(17)6-9-18-13-4-7-15(8-5-13)10-12(3)16/h11,13H,4-10H2,1-3H3. The monoisotopic (exact) mass is 255 g/mol. The van der Waals surface area contributed by atoms with E-state index in [1.54, 1.807) is 6.92 Å². The summed E-state index contributed by atoms with van der Waals surface area (Å²) < 4.78 is 5.72. The van der Waals surface area contributed by atoms with E-state index in [1.807, 2.05) is 13.8 Å². The molecule has 1 heterocycles. The maximum Gasteiger partial charge on any atom is 0.143 e. The molecule has 0 N–H and O–H groups in total. The van der Waals surface area contributed by atoms with Crippen LogP contribution in [0.5, 0.6) is 0 Å². The first kappa shape index (κ1) is 15.3. The molecule has 0 aromatic heterocycles. The van der Waals surface area contributed by atoms with Crippen molar-refractivity contribution in [3.8, 4) is 0 Å². The third-order valence-corrected chi connectivity index (χ3v) is 3.33. The van der Waals surface area contributed by atoms with Crippen LogP contribution in [-0.4, -0.2) is 48.8 Å². The lowest BCUT2D eigenvalue weighted by Gasteiger charge is -2.31. The third-order valence-electron chi connectivity index (χ3n) is 3.33. The van der Waals surface area contributed by atoms with Gasteiger partial charge in [0.05, 0.1) is 19.3 Å². The lowest BCUT2D eigenvalue weighted by molar-refractivity contribution is -0.124. The maximum atomic E-state index is 11.4. The second kappa shape index (κ2) is 7.64. The summed E-state index contributed by atoms with van der Waals surface area (Å²) in [6.07, 6.45) is 2.70. The van der Waals surface area contributed by atoms with Crippen LogP contribution in [0.25, 0.3) is 0 Å². The number of hydrogen-bond acceptors (Lipinski definition) is 4. The molecule has 0 unspecified atom stereocenters. The van der Waals surface area contributed by atoms with E-state index < -0.39 is 0 Å². The summed E-state index contributed by atoms with van der Waals surface area (Å²) in [5.41, 5.74) is 0. The molecule has 0 saturated carbocycles. The van der Waals surface area contributed by atoms with Gasteiger partial charge in [-0.15, -0.1) is 0 Å². The third kappa shape index (κ3) is 5.74. The average molecular weight is 255 g/mol. The second-order valence-corrected chi connectivity index (χ2v) is 5.42. The Morgan fingerprint density at radius 1 is 1.28 bits per heavy atom. The van der Waals surface area contributed by atoms with Crippen molar-refractivity contribution in [1.82, 2.24) is 4.90 Å². The molecule has 0 amide bonds. The number of rotatable bonds is 7. The fourth-order valence-corrected chi connectivity index (χ4v) is 2.16. The molecule has 0 radical (unpaired) electrons. The molecule has 18 heavy (non-hydrogen) atoms. The number of nitrogens with zero attached hydrogens (tertiary/aromatic N) is 1. The van der Waals surface area contributed by atoms with Gasteiger partial charge in [-0.25, -0.2) is 0 Å². The number of carbonyl (C=O) groups excluding carboxylic acids is 2. The minimum atomic E-state index is 0.103. The summed E-state index contributed by atoms with van der Waals surface area (Å²) in [5.74, 6) is 0.590. The van der Waals surface area contributed by atoms with Gasteiger partial charge in [0.1, 0.15) is 11.6 Å². The van der Waals surface area contributed by atoms with Crippen molar-refractivity contribution in [3.63, 3.8) is 0 Å². The summed E-state index contributed by atoms with van der Waals surface area (Å²) in [5, 5.41) is 0. The predicted octanol–water partition coefficient (Wildman–Crippen LogP) is 1.67. The van der Waals surface area contributed by atoms with Crippen LogP contribution in [0.15, 0.2) is 0 Å². The van der Waals surface area contributed by atoms with Crippen LogP contribution in [-0.2, 0) is 14.3 Å². The maximum absolute atomic E-state index is 11.4. The van der Waals surface area contributed by atoms with E-state index in [-0.39, 0.29) is 23.6 Å². The molecule has 0 aromatic rings. The van der Waals surface area contributed by atoms with Crippen molar-refractivity contribution >= 4 is 11.6 Å². The Morgan fingerprint density at radius 3 is 2.39 bits per heavy atom. The van der Waals surface area contributed by atoms with E-state index in [4.69, 9.17) is 4.74 Å². The second-order valence-electron chi connectivity index (χ2n) is 5.42. The van der Waals surface area contributed by atoms with E-state index in [0.717, 1.165) is 25.9 Å². The smallest absolute Gasteiger partial charge is 0.143 e. The first-order valence-electron chi connectivity index (χ1n) is 6.85. The fraction of sp³-hybridized carbons (Fsp3) is 0.857. The van der Waals surface area contributed by atoms with Crippen LogP contribution < -0.4 is 0 Å². The Morgan fingerprint density at radius 2 is 1.89 bits per heavy atom. The van der Waals surface area contributed by atoms with Crippen LogP contribution >= 0.6 is 0 Å². The van der Waals surface area contributed by atoms with E-state index in [1.165, 1.54) is 0 Å². The van der Waals surface area contributed by atoms with Gasteiger partial charge >= 0.3 is 0 Å². The molecular weight excluding hydrogens is 230 g/mol. The highest BCUT2D eigenvalue weighted by Crippen LogP contribution is 2.14. The number of likely N-dealkylation sites (tertiary alicyclic amines) is 1. The molecule has 0 aromatic carbocycles. The Hall–Kier alpha value is -0.740. The van der Waals surface area contributed by atoms with E-state index in [2.05, 4.69) is 4.90 Å². The number of carbonyl (C=O) groups is 2. The van der Waals surface area contributed by atoms with Crippen LogP contribution in [0.3, 0.4) is 0 Å². The van der Waals surface area contributed by atoms with Gasteiger partial charge in [-0.1, -0.05) is 13.8 Å². The van der Waals surface area contributed by atoms with E-state index in [0.29, 0.717) is 19.6 Å². The van der Waals surface area contributed by atoms with Crippen molar-refractivity contribution < 1.29 is 14.3 Å². The predicted molar refractivity (Wildman–Crippen MR) is 70.6 cm³/mol. The largest absolute Gasteiger partial charge is 0.378 e. The van der Waals surface area contributed by atoms with Crippen LogP contribution in [0.2, 0.25) is 0 Å². The van der Waals surface area contributed by atoms with Crippen LogP contribution in [0.1, 0.15) is 40.0 Å². The summed E-state index contributed by atoms with van der Waals surface area (Å²) in [6, 6.07) is 0. The first-order valence-corrected chi connectivity index (χ1v) is 6.85. The Kier molecular flexibility index (Phi) is 6.50. The minimum Gasteiger partial charge on any atom is -0.378 e. The molecule has 1 saturated heterocycles. The summed E-state index contributed by atoms with van der Waals surface area (Å²) in [6.45, 7) is 8.39. The van der Waals surface area contributed by atoms with Gasteiger partial charge in [0.15, 0.2) is 0 Å². The molecule has 4 nitrogen and oxygen atoms in total. The number of ether oxygens (including phenoxy) is 1. The molecule has 0 spiro atoms. The fourth-order valence-electron chi connectivity index (χ4n) is 2.16. The zero-order chi connectivity index (χ0) is 13.5. The zero-order valence-electron chi connectivity index (χ0n) is 11.8. The summed E-state index contributed by atoms with van der Waals surface area (Å²) >= 11 is 0. The number of Topliss-reactive ketones (excluding diaryl/α,β-unsaturated/α-hetero) is 2. The molecule has 1 aliphatic heterocycles. The van der Waals surface area contributed by atoms with Crippen molar-refractivity contribution in [2.75, 3.05) is 26.2 Å². The Balaban J connectivity index is 2.12. The highest BCUT2D eigenvalue weighted by atomic mass is 16.5. The molecule has 1 rings (SSSR count). The molecule has 4 heteroatoms. The van der Waals surface area contributed by atoms with E-state index >= 15 is 0 Å². The lowest BCUT2D eigenvalue weighted by Crippen LogP contribution is -2.39. The molecule has 0 atom stereocenters. The number of hydrogen-bond donors (Lipinski definition) is 0. The molecule has 0 bridgehead atoms. The van der Waals surface area contributed by atoms with E-state index in [9.17, 15) is 9.59 Å². The number of piperidine rings is 1. The Labute approximate surface area is 110 Å². The van der Waals surface area contributed by atoms with Crippen molar-refractivity contribution in [3.05, 3.63) is 0 Å². The Bertz CT molecular complexity index is 281. The van der Waals surface area contributed by atoms with Gasteiger partial charge < -0.3 is 4.74 Å². The normalized spacial score (nSPS) is 18.2. The SMILES string of the molecule is CC(=O)CN1CCC(OCCC(=O)C(C)C)CC1. The van der Waals surface area contributed by atoms with Crippen LogP contribution in [0.4, 0.5) is 0 Å². The van der Waals surface area contributed by atoms with Gasteiger partial charge in [0.2, 0.25) is 0 Å². The highest BCUT2D eigenvalue weighted by Gasteiger charge is 2.20. The van der Waals surface area contributed by atoms with Crippen LogP contribution in [0, 0.1) is 5.92 Å². The molecule has 1 fully saturated rings. The van der Waals surface area contributed by atoms with Gasteiger partial charge in [0.25, 0.3) is 0 Å². The summed E-state index contributed by atoms with van der Waals surface area (Å²) in [7, 11) is 0.